The van der Waals surface area contributed by atoms with Gasteiger partial charge in [-0.1, -0.05) is 0 Å². The maximum Gasteiger partial charge on any atom is 0.119 e. The number of nitrogens with zero attached hydrogens (tertiary/aromatic N) is 2. The van der Waals surface area contributed by atoms with Crippen LogP contribution in [0.1, 0.15) is 31.2 Å². The molecule has 0 amide bonds. The lowest BCUT2D eigenvalue weighted by atomic mass is 9.82. The molecule has 172 valence electrons. The third-order valence-corrected chi connectivity index (χ3v) is 8.57. The van der Waals surface area contributed by atoms with Crippen molar-refractivity contribution in [3.63, 3.8) is 0 Å². The van der Waals surface area contributed by atoms with Gasteiger partial charge in [0.15, 0.2) is 0 Å². The van der Waals surface area contributed by atoms with E-state index < -0.39 is 0 Å². The fourth-order valence-electron chi connectivity index (χ4n) is 4.84. The number of aliphatic hydroxyl groups excluding tert-OH is 1. The Morgan fingerprint density at radius 2 is 2.16 bits per heavy atom. The van der Waals surface area contributed by atoms with Crippen molar-refractivity contribution >= 4 is 34.0 Å². The first-order chi connectivity index (χ1) is 15.8. The number of aliphatic hydroxyl groups is 1. The third kappa shape index (κ3) is 6.25. The number of methoxy groups -OCH3 is 1. The number of aromatic nitrogens is 1. The summed E-state index contributed by atoms with van der Waals surface area (Å²) in [7, 11) is 1.71. The number of hydrogen-bond acceptors (Lipinski definition) is 6. The van der Waals surface area contributed by atoms with Gasteiger partial charge in [-0.3, -0.25) is 4.98 Å². The minimum atomic E-state index is 0.306. The lowest BCUT2D eigenvalue weighted by Gasteiger charge is -2.38. The maximum atomic E-state index is 10.0. The van der Waals surface area contributed by atoms with Gasteiger partial charge in [0, 0.05) is 35.0 Å². The molecule has 1 saturated heterocycles. The molecule has 0 spiro atoms. The lowest BCUT2D eigenvalue weighted by Crippen LogP contribution is -2.42. The van der Waals surface area contributed by atoms with Crippen molar-refractivity contribution < 1.29 is 9.84 Å². The summed E-state index contributed by atoms with van der Waals surface area (Å²) < 4.78 is 5.41. The van der Waals surface area contributed by atoms with Gasteiger partial charge in [-0.15, -0.1) is 11.8 Å². The van der Waals surface area contributed by atoms with E-state index in [1.165, 1.54) is 47.4 Å². The molecule has 1 aliphatic rings. The molecule has 1 fully saturated rings. The summed E-state index contributed by atoms with van der Waals surface area (Å²) in [5, 5.41) is 15.6. The zero-order valence-corrected chi connectivity index (χ0v) is 20.5. The van der Waals surface area contributed by atoms with E-state index >= 15 is 0 Å². The topological polar surface area (TPSA) is 45.6 Å². The molecular formula is C26H34N2O2S2. The molecule has 1 aliphatic heterocycles. The highest BCUT2D eigenvalue weighted by molar-refractivity contribution is 7.99. The number of hydrogen-bond donors (Lipinski definition) is 1. The van der Waals surface area contributed by atoms with Crippen LogP contribution in [0.4, 0.5) is 0 Å². The molecule has 0 saturated carbocycles. The second kappa shape index (κ2) is 12.0. The van der Waals surface area contributed by atoms with Gasteiger partial charge in [-0.25, -0.2) is 0 Å². The summed E-state index contributed by atoms with van der Waals surface area (Å²) in [4.78, 5) is 8.45. The zero-order valence-electron chi connectivity index (χ0n) is 18.9. The van der Waals surface area contributed by atoms with Gasteiger partial charge in [0.1, 0.15) is 5.75 Å². The Hall–Kier alpha value is -1.60. The van der Waals surface area contributed by atoms with Gasteiger partial charge in [-0.05, 0) is 104 Å². The van der Waals surface area contributed by atoms with Crippen molar-refractivity contribution in [2.45, 2.75) is 37.0 Å². The normalized spacial score (nSPS) is 19.4. The first kappa shape index (κ1) is 23.6. The number of aryl methyl sites for hydroxylation is 1. The van der Waals surface area contributed by atoms with E-state index in [2.05, 4.69) is 38.8 Å². The maximum absolute atomic E-state index is 10.0. The smallest absolute Gasteiger partial charge is 0.119 e. The number of rotatable bonds is 11. The fourth-order valence-corrected chi connectivity index (χ4v) is 6.56. The van der Waals surface area contributed by atoms with Crippen molar-refractivity contribution in [1.82, 2.24) is 9.88 Å². The van der Waals surface area contributed by atoms with Crippen LogP contribution in [0.15, 0.2) is 52.2 Å². The molecular weight excluding hydrogens is 436 g/mol. The summed E-state index contributed by atoms with van der Waals surface area (Å²) in [5.41, 5.74) is 2.37. The predicted molar refractivity (Wildman–Crippen MR) is 136 cm³/mol. The Kier molecular flexibility index (Phi) is 8.85. The third-order valence-electron chi connectivity index (χ3n) is 6.65. The highest BCUT2D eigenvalue weighted by Crippen LogP contribution is 2.30. The number of likely N-dealkylation sites (tertiary alicyclic amines) is 1. The quantitative estimate of drug-likeness (QED) is 0.286. The summed E-state index contributed by atoms with van der Waals surface area (Å²) in [6.07, 6.45) is 7.70. The predicted octanol–water partition coefficient (Wildman–Crippen LogP) is 5.74. The van der Waals surface area contributed by atoms with Gasteiger partial charge in [0.05, 0.1) is 12.6 Å². The van der Waals surface area contributed by atoms with Crippen LogP contribution in [0, 0.1) is 11.8 Å². The van der Waals surface area contributed by atoms with Crippen molar-refractivity contribution in [2.24, 2.45) is 11.8 Å². The van der Waals surface area contributed by atoms with E-state index in [0.717, 1.165) is 37.2 Å². The Labute approximate surface area is 200 Å². The van der Waals surface area contributed by atoms with Crippen LogP contribution in [0.25, 0.3) is 10.9 Å². The molecule has 4 rings (SSSR count). The van der Waals surface area contributed by atoms with E-state index in [1.54, 1.807) is 18.4 Å². The molecule has 0 unspecified atom stereocenters. The Bertz CT molecular complexity index is 964. The standard InChI is InChI=1S/C26H34N2O2S2/c1-30-23-6-7-26-25(16-23)21(8-11-27-26)5-2-4-20-9-13-28(17-22(20)18-29)12-3-14-32-24-10-15-31-19-24/h6-8,10-11,15-16,19-20,22,29H,2-5,9,12-14,17-18H2,1H3/t20-,22-/m1/s1. The van der Waals surface area contributed by atoms with Crippen molar-refractivity contribution in [3.8, 4) is 5.75 Å². The van der Waals surface area contributed by atoms with Gasteiger partial charge in [0.2, 0.25) is 0 Å². The fraction of sp³-hybridized carbons (Fsp3) is 0.500. The van der Waals surface area contributed by atoms with Crippen LogP contribution in [-0.2, 0) is 6.42 Å². The highest BCUT2D eigenvalue weighted by atomic mass is 32.2. The number of piperidine rings is 1. The molecule has 3 heterocycles. The van der Waals surface area contributed by atoms with Crippen LogP contribution in [0.5, 0.6) is 5.75 Å². The molecule has 6 heteroatoms. The number of fused-ring (bicyclic) bond motifs is 1. The lowest BCUT2D eigenvalue weighted by molar-refractivity contribution is 0.0677. The second-order valence-corrected chi connectivity index (χ2v) is 10.6. The van der Waals surface area contributed by atoms with E-state index in [-0.39, 0.29) is 0 Å². The molecule has 1 N–H and O–H groups in total. The monoisotopic (exact) mass is 470 g/mol. The van der Waals surface area contributed by atoms with E-state index in [1.807, 2.05) is 30.1 Å². The molecule has 4 nitrogen and oxygen atoms in total. The van der Waals surface area contributed by atoms with Crippen molar-refractivity contribution in [3.05, 3.63) is 52.9 Å². The molecule has 0 aliphatic carbocycles. The average Bonchev–Trinajstić information content (AvgIpc) is 3.36. The van der Waals surface area contributed by atoms with Gasteiger partial charge in [0.25, 0.3) is 0 Å². The molecule has 3 aromatic rings. The SMILES string of the molecule is COc1ccc2nccc(CCC[C@@H]3CCN(CCCSc4ccsc4)C[C@@H]3CO)c2c1. The van der Waals surface area contributed by atoms with Crippen LogP contribution < -0.4 is 4.74 Å². The average molecular weight is 471 g/mol. The largest absolute Gasteiger partial charge is 0.497 e. The first-order valence-corrected chi connectivity index (χ1v) is 13.6. The van der Waals surface area contributed by atoms with Crippen molar-refractivity contribution in [1.29, 1.82) is 0 Å². The second-order valence-electron chi connectivity index (χ2n) is 8.70. The Balaban J connectivity index is 1.23. The van der Waals surface area contributed by atoms with Crippen LogP contribution in [0.2, 0.25) is 0 Å². The van der Waals surface area contributed by atoms with E-state index in [0.29, 0.717) is 18.4 Å². The minimum Gasteiger partial charge on any atom is -0.497 e. The molecule has 32 heavy (non-hydrogen) atoms. The summed E-state index contributed by atoms with van der Waals surface area (Å²) in [6.45, 7) is 3.66. The van der Waals surface area contributed by atoms with Gasteiger partial charge < -0.3 is 14.7 Å². The summed E-state index contributed by atoms with van der Waals surface area (Å²) >= 11 is 3.73. The van der Waals surface area contributed by atoms with Gasteiger partial charge in [-0.2, -0.15) is 11.3 Å². The molecule has 1 aromatic carbocycles. The van der Waals surface area contributed by atoms with E-state index in [9.17, 15) is 5.11 Å². The number of ether oxygens (including phenoxy) is 1. The van der Waals surface area contributed by atoms with Gasteiger partial charge >= 0.3 is 0 Å². The van der Waals surface area contributed by atoms with Crippen molar-refractivity contribution in [2.75, 3.05) is 39.1 Å². The molecule has 2 atom stereocenters. The molecule has 0 radical (unpaired) electrons. The Morgan fingerprint density at radius 3 is 2.97 bits per heavy atom. The van der Waals surface area contributed by atoms with Crippen LogP contribution in [-0.4, -0.2) is 54.1 Å². The minimum absolute atomic E-state index is 0.306. The number of thiophene rings is 1. The van der Waals surface area contributed by atoms with E-state index in [4.69, 9.17) is 4.74 Å². The zero-order chi connectivity index (χ0) is 22.2. The van der Waals surface area contributed by atoms with Crippen LogP contribution >= 0.6 is 23.1 Å². The number of pyridine rings is 1. The molecule has 2 aromatic heterocycles. The number of benzene rings is 1. The summed E-state index contributed by atoms with van der Waals surface area (Å²) in [6, 6.07) is 10.5. The number of thioether (sulfide) groups is 1. The van der Waals surface area contributed by atoms with Crippen LogP contribution in [0.3, 0.4) is 0 Å². The molecule has 0 bridgehead atoms. The first-order valence-electron chi connectivity index (χ1n) is 11.7. The Morgan fingerprint density at radius 1 is 1.22 bits per heavy atom. The highest BCUT2D eigenvalue weighted by Gasteiger charge is 2.28. The summed E-state index contributed by atoms with van der Waals surface area (Å²) in [5.74, 6) is 3.08.